The van der Waals surface area contributed by atoms with E-state index in [2.05, 4.69) is 13.0 Å². The monoisotopic (exact) mass is 492 g/mol. The minimum atomic E-state index is -0.810. The maximum absolute atomic E-state index is 15.0. The lowest BCUT2D eigenvalue weighted by Gasteiger charge is -2.28. The number of aryl methyl sites for hydroxylation is 1. The molecule has 1 aliphatic heterocycles. The average Bonchev–Trinajstić information content (AvgIpc) is 2.90. The highest BCUT2D eigenvalue weighted by Gasteiger charge is 2.24. The third-order valence-electron chi connectivity index (χ3n) is 7.11. The second-order valence-electron chi connectivity index (χ2n) is 9.71. The summed E-state index contributed by atoms with van der Waals surface area (Å²) >= 11 is 0. The molecule has 1 aliphatic rings. The zero-order valence-corrected chi connectivity index (χ0v) is 21.2. The molecule has 4 rings (SSSR count). The van der Waals surface area contributed by atoms with Crippen molar-refractivity contribution in [2.75, 3.05) is 6.61 Å². The maximum atomic E-state index is 15.0. The summed E-state index contributed by atoms with van der Waals surface area (Å²) in [6.07, 6.45) is 10.4. The Labute approximate surface area is 213 Å². The normalized spacial score (nSPS) is 18.1. The van der Waals surface area contributed by atoms with Crippen LogP contribution in [0.4, 0.5) is 13.2 Å². The molecule has 2 atom stereocenters. The van der Waals surface area contributed by atoms with Crippen molar-refractivity contribution in [3.8, 4) is 22.3 Å². The zero-order chi connectivity index (χ0) is 25.5. The summed E-state index contributed by atoms with van der Waals surface area (Å²) in [6, 6.07) is 15.7. The van der Waals surface area contributed by atoms with Crippen LogP contribution in [0.5, 0.6) is 0 Å². The molecule has 0 bridgehead atoms. The fourth-order valence-electron chi connectivity index (χ4n) is 5.00. The first-order valence-corrected chi connectivity index (χ1v) is 13.1. The molecule has 1 heterocycles. The highest BCUT2D eigenvalue weighted by atomic mass is 19.2. The first-order chi connectivity index (χ1) is 17.5. The van der Waals surface area contributed by atoms with Crippen LogP contribution in [0.15, 0.2) is 66.7 Å². The Morgan fingerprint density at radius 3 is 2.25 bits per heavy atom. The third-order valence-corrected chi connectivity index (χ3v) is 7.11. The smallest absolute Gasteiger partial charge is 0.166 e. The van der Waals surface area contributed by atoms with E-state index in [0.29, 0.717) is 35.6 Å². The molecular formula is C32H35F3O. The summed E-state index contributed by atoms with van der Waals surface area (Å²) in [5.74, 6) is -1.45. The van der Waals surface area contributed by atoms with Gasteiger partial charge in [-0.05, 0) is 60.9 Å². The minimum Gasteiger partial charge on any atom is -0.373 e. The molecular weight excluding hydrogens is 457 g/mol. The van der Waals surface area contributed by atoms with Gasteiger partial charge in [0.05, 0.1) is 12.7 Å². The van der Waals surface area contributed by atoms with Gasteiger partial charge in [0.15, 0.2) is 11.6 Å². The molecule has 0 spiro atoms. The van der Waals surface area contributed by atoms with Gasteiger partial charge in [0, 0.05) is 17.0 Å². The fourth-order valence-corrected chi connectivity index (χ4v) is 5.00. The van der Waals surface area contributed by atoms with E-state index in [1.54, 1.807) is 30.3 Å². The van der Waals surface area contributed by atoms with Gasteiger partial charge >= 0.3 is 0 Å². The van der Waals surface area contributed by atoms with Gasteiger partial charge in [0.1, 0.15) is 5.82 Å². The van der Waals surface area contributed by atoms with E-state index in [9.17, 15) is 13.2 Å². The van der Waals surface area contributed by atoms with E-state index < -0.39 is 11.6 Å². The van der Waals surface area contributed by atoms with Crippen molar-refractivity contribution in [2.45, 2.75) is 64.9 Å². The number of hydrogen-bond donors (Lipinski definition) is 0. The molecule has 4 heteroatoms. The summed E-state index contributed by atoms with van der Waals surface area (Å²) in [7, 11) is 0. The molecule has 0 saturated carbocycles. The van der Waals surface area contributed by atoms with E-state index in [0.717, 1.165) is 49.7 Å². The van der Waals surface area contributed by atoms with Crippen molar-refractivity contribution >= 4 is 0 Å². The number of benzene rings is 3. The number of rotatable bonds is 9. The van der Waals surface area contributed by atoms with Crippen LogP contribution in [-0.2, 0) is 11.2 Å². The lowest BCUT2D eigenvalue weighted by molar-refractivity contribution is -0.00711. The van der Waals surface area contributed by atoms with E-state index in [1.807, 2.05) is 31.2 Å². The van der Waals surface area contributed by atoms with Crippen LogP contribution in [0.1, 0.15) is 69.6 Å². The molecule has 0 radical (unpaired) electrons. The minimum absolute atomic E-state index is 0.226. The van der Waals surface area contributed by atoms with Crippen LogP contribution in [0, 0.1) is 23.4 Å². The third kappa shape index (κ3) is 6.10. The average molecular weight is 493 g/mol. The Morgan fingerprint density at radius 1 is 0.833 bits per heavy atom. The standard InChI is InChI=1S/C32H35F3O/c1-3-5-6-7-9-25-15-17-27(32(35)31(25)34)24-13-11-23(12-14-24)26-16-18-28(29(33)20-26)30-19-10-22(8-4-2)21-36-30/h4,8,11-18,20,22,30H,3,5-7,9-10,19,21H2,1-2H3. The molecule has 2 unspecified atom stereocenters. The molecule has 0 aromatic heterocycles. The second-order valence-corrected chi connectivity index (χ2v) is 9.71. The van der Waals surface area contributed by atoms with Crippen LogP contribution in [0.25, 0.3) is 22.3 Å². The Morgan fingerprint density at radius 2 is 1.58 bits per heavy atom. The highest BCUT2D eigenvalue weighted by Crippen LogP contribution is 2.35. The van der Waals surface area contributed by atoms with Crippen LogP contribution in [0.2, 0.25) is 0 Å². The molecule has 0 aliphatic carbocycles. The van der Waals surface area contributed by atoms with Gasteiger partial charge in [0.25, 0.3) is 0 Å². The summed E-state index contributed by atoms with van der Waals surface area (Å²) in [5, 5.41) is 0. The SMILES string of the molecule is CC=CC1CCC(c2ccc(-c3ccc(-c4ccc(CCCCCC)c(F)c4F)cc3)cc2F)OC1. The van der Waals surface area contributed by atoms with Gasteiger partial charge in [-0.15, -0.1) is 0 Å². The Hall–Kier alpha value is -2.85. The largest absolute Gasteiger partial charge is 0.373 e. The molecule has 36 heavy (non-hydrogen) atoms. The van der Waals surface area contributed by atoms with Crippen LogP contribution in [-0.4, -0.2) is 6.61 Å². The summed E-state index contributed by atoms with van der Waals surface area (Å²) in [6.45, 7) is 4.73. The lowest BCUT2D eigenvalue weighted by atomic mass is 9.92. The summed E-state index contributed by atoms with van der Waals surface area (Å²) in [4.78, 5) is 0. The quantitative estimate of drug-likeness (QED) is 0.213. The first kappa shape index (κ1) is 26.2. The van der Waals surface area contributed by atoms with Gasteiger partial charge in [-0.1, -0.05) is 86.9 Å². The molecule has 1 nitrogen and oxygen atoms in total. The van der Waals surface area contributed by atoms with E-state index >= 15 is 0 Å². The van der Waals surface area contributed by atoms with Crippen molar-refractivity contribution in [1.82, 2.24) is 0 Å². The highest BCUT2D eigenvalue weighted by molar-refractivity contribution is 5.71. The zero-order valence-electron chi connectivity index (χ0n) is 21.2. The number of unbranched alkanes of at least 4 members (excludes halogenated alkanes) is 3. The first-order valence-electron chi connectivity index (χ1n) is 13.1. The van der Waals surface area contributed by atoms with Crippen molar-refractivity contribution in [3.05, 3.63) is 95.3 Å². The van der Waals surface area contributed by atoms with Gasteiger partial charge in [-0.2, -0.15) is 0 Å². The maximum Gasteiger partial charge on any atom is 0.166 e. The number of ether oxygens (including phenoxy) is 1. The van der Waals surface area contributed by atoms with Crippen LogP contribution >= 0.6 is 0 Å². The van der Waals surface area contributed by atoms with Gasteiger partial charge in [-0.3, -0.25) is 0 Å². The van der Waals surface area contributed by atoms with Crippen molar-refractivity contribution in [3.63, 3.8) is 0 Å². The van der Waals surface area contributed by atoms with Crippen LogP contribution < -0.4 is 0 Å². The van der Waals surface area contributed by atoms with Gasteiger partial charge in [0.2, 0.25) is 0 Å². The number of halogens is 3. The predicted octanol–water partition coefficient (Wildman–Crippen LogP) is 9.60. The Balaban J connectivity index is 1.46. The van der Waals surface area contributed by atoms with Crippen molar-refractivity contribution < 1.29 is 17.9 Å². The van der Waals surface area contributed by atoms with E-state index in [-0.39, 0.29) is 17.5 Å². The summed E-state index contributed by atoms with van der Waals surface area (Å²) in [5.41, 5.74) is 3.40. The molecule has 1 fully saturated rings. The Bertz CT molecular complexity index is 1170. The van der Waals surface area contributed by atoms with Crippen LogP contribution in [0.3, 0.4) is 0 Å². The number of allylic oxidation sites excluding steroid dienone is 1. The van der Waals surface area contributed by atoms with Crippen molar-refractivity contribution in [2.24, 2.45) is 5.92 Å². The molecule has 0 amide bonds. The molecule has 1 saturated heterocycles. The van der Waals surface area contributed by atoms with E-state index in [1.165, 1.54) is 6.07 Å². The lowest BCUT2D eigenvalue weighted by Crippen LogP contribution is -2.20. The number of hydrogen-bond acceptors (Lipinski definition) is 1. The van der Waals surface area contributed by atoms with Crippen molar-refractivity contribution in [1.29, 1.82) is 0 Å². The molecule has 0 N–H and O–H groups in total. The summed E-state index contributed by atoms with van der Waals surface area (Å²) < 4.78 is 50.4. The molecule has 3 aromatic rings. The second kappa shape index (κ2) is 12.4. The van der Waals surface area contributed by atoms with E-state index in [4.69, 9.17) is 4.74 Å². The van der Waals surface area contributed by atoms with Gasteiger partial charge < -0.3 is 4.74 Å². The molecule has 3 aromatic carbocycles. The topological polar surface area (TPSA) is 9.23 Å². The van der Waals surface area contributed by atoms with Gasteiger partial charge in [-0.25, -0.2) is 13.2 Å². The Kier molecular flexibility index (Phi) is 9.03. The molecule has 190 valence electrons. The fraction of sp³-hybridized carbons (Fsp3) is 0.375. The predicted molar refractivity (Wildman–Crippen MR) is 141 cm³/mol.